The summed E-state index contributed by atoms with van der Waals surface area (Å²) in [5, 5.41) is 1.75. The van der Waals surface area contributed by atoms with Crippen molar-refractivity contribution in [2.75, 3.05) is 7.11 Å². The van der Waals surface area contributed by atoms with Gasteiger partial charge in [0.25, 0.3) is 0 Å². The van der Waals surface area contributed by atoms with Gasteiger partial charge in [0.15, 0.2) is 0 Å². The molecule has 0 saturated heterocycles. The molecule has 0 aliphatic rings. The van der Waals surface area contributed by atoms with Gasteiger partial charge < -0.3 is 9.47 Å². The van der Waals surface area contributed by atoms with E-state index < -0.39 is 0 Å². The number of aliphatic imine (C=N–C) groups is 1. The molecule has 0 saturated carbocycles. The normalized spacial score (nSPS) is 11.0. The zero-order valence-electron chi connectivity index (χ0n) is 14.5. The van der Waals surface area contributed by atoms with Crippen LogP contribution in [0.4, 0.5) is 5.69 Å². The highest BCUT2D eigenvalue weighted by molar-refractivity contribution is 6.35. The Balaban J connectivity index is 1.78. The van der Waals surface area contributed by atoms with Gasteiger partial charge in [0.1, 0.15) is 18.1 Å². The second kappa shape index (κ2) is 9.14. The first-order chi connectivity index (χ1) is 13.0. The highest BCUT2D eigenvalue weighted by Crippen LogP contribution is 2.26. The monoisotopic (exact) mass is 419 g/mol. The number of ether oxygens (including phenoxy) is 2. The quantitative estimate of drug-likeness (QED) is 0.402. The third kappa shape index (κ3) is 5.39. The summed E-state index contributed by atoms with van der Waals surface area (Å²) < 4.78 is 11.1. The molecule has 0 atom stereocenters. The first kappa shape index (κ1) is 19.6. The molecule has 0 amide bonds. The van der Waals surface area contributed by atoms with Gasteiger partial charge in [-0.25, -0.2) is 0 Å². The Bertz CT molecular complexity index is 956. The lowest BCUT2D eigenvalue weighted by molar-refractivity contribution is 0.306. The maximum atomic E-state index is 6.20. The van der Waals surface area contributed by atoms with E-state index in [0.29, 0.717) is 27.4 Å². The van der Waals surface area contributed by atoms with Gasteiger partial charge in [-0.1, -0.05) is 40.9 Å². The van der Waals surface area contributed by atoms with Crippen LogP contribution in [0.2, 0.25) is 15.1 Å². The summed E-state index contributed by atoms with van der Waals surface area (Å²) in [5.74, 6) is 1.43. The molecule has 3 aromatic carbocycles. The molecule has 0 heterocycles. The SMILES string of the molecule is COc1ccc(N=Cc2cc(Cl)ccc2OCc2ccc(Cl)cc2Cl)cc1. The molecule has 3 nitrogen and oxygen atoms in total. The molecular formula is C21H16Cl3NO2. The van der Waals surface area contributed by atoms with Gasteiger partial charge in [0.2, 0.25) is 0 Å². The van der Waals surface area contributed by atoms with E-state index in [1.54, 1.807) is 37.6 Å². The highest BCUT2D eigenvalue weighted by atomic mass is 35.5. The molecule has 0 aliphatic heterocycles. The summed E-state index contributed by atoms with van der Waals surface area (Å²) in [7, 11) is 1.63. The number of hydrogen-bond acceptors (Lipinski definition) is 3. The fourth-order valence-electron chi connectivity index (χ4n) is 2.36. The average molecular weight is 421 g/mol. The predicted octanol–water partition coefficient (Wildman–Crippen LogP) is 6.99. The van der Waals surface area contributed by atoms with Gasteiger partial charge in [-0.15, -0.1) is 0 Å². The molecule has 138 valence electrons. The lowest BCUT2D eigenvalue weighted by atomic mass is 10.2. The Hall–Kier alpha value is -2.20. The fraction of sp³-hybridized carbons (Fsp3) is 0.0952. The highest BCUT2D eigenvalue weighted by Gasteiger charge is 2.06. The first-order valence-corrected chi connectivity index (χ1v) is 9.23. The molecule has 0 aliphatic carbocycles. The van der Waals surface area contributed by atoms with Crippen molar-refractivity contribution < 1.29 is 9.47 Å². The molecule has 27 heavy (non-hydrogen) atoms. The minimum Gasteiger partial charge on any atom is -0.497 e. The topological polar surface area (TPSA) is 30.8 Å². The van der Waals surface area contributed by atoms with Gasteiger partial charge >= 0.3 is 0 Å². The van der Waals surface area contributed by atoms with Crippen LogP contribution in [-0.2, 0) is 6.61 Å². The third-order valence-corrected chi connectivity index (χ3v) is 4.62. The lowest BCUT2D eigenvalue weighted by Crippen LogP contribution is -1.99. The number of halogens is 3. The van der Waals surface area contributed by atoms with Crippen LogP contribution in [-0.4, -0.2) is 13.3 Å². The lowest BCUT2D eigenvalue weighted by Gasteiger charge is -2.11. The second-order valence-corrected chi connectivity index (χ2v) is 6.94. The van der Waals surface area contributed by atoms with Crippen molar-refractivity contribution in [1.29, 1.82) is 0 Å². The number of hydrogen-bond donors (Lipinski definition) is 0. The van der Waals surface area contributed by atoms with Crippen molar-refractivity contribution in [2.45, 2.75) is 6.61 Å². The van der Waals surface area contributed by atoms with Crippen molar-refractivity contribution >= 4 is 46.7 Å². The predicted molar refractivity (Wildman–Crippen MR) is 112 cm³/mol. The second-order valence-electron chi connectivity index (χ2n) is 5.66. The summed E-state index contributed by atoms with van der Waals surface area (Å²) in [6, 6.07) is 18.1. The molecule has 0 radical (unpaired) electrons. The van der Waals surface area contributed by atoms with E-state index in [9.17, 15) is 0 Å². The molecule has 0 spiro atoms. The molecule has 0 N–H and O–H groups in total. The van der Waals surface area contributed by atoms with Crippen LogP contribution in [0, 0.1) is 0 Å². The Morgan fingerprint density at radius 3 is 2.30 bits per heavy atom. The molecule has 0 bridgehead atoms. The van der Waals surface area contributed by atoms with E-state index >= 15 is 0 Å². The van der Waals surface area contributed by atoms with Crippen LogP contribution in [0.25, 0.3) is 0 Å². The summed E-state index contributed by atoms with van der Waals surface area (Å²) in [6.45, 7) is 0.307. The van der Waals surface area contributed by atoms with E-state index in [2.05, 4.69) is 4.99 Å². The van der Waals surface area contributed by atoms with Gasteiger partial charge in [0, 0.05) is 32.4 Å². The van der Waals surface area contributed by atoms with Crippen LogP contribution in [0.1, 0.15) is 11.1 Å². The number of nitrogens with zero attached hydrogens (tertiary/aromatic N) is 1. The first-order valence-electron chi connectivity index (χ1n) is 8.09. The molecule has 6 heteroatoms. The minimum atomic E-state index is 0.307. The summed E-state index contributed by atoms with van der Waals surface area (Å²) in [5.41, 5.74) is 2.40. The van der Waals surface area contributed by atoms with E-state index in [-0.39, 0.29) is 0 Å². The summed E-state index contributed by atoms with van der Waals surface area (Å²) >= 11 is 18.3. The maximum absolute atomic E-state index is 6.20. The van der Waals surface area contributed by atoms with Crippen LogP contribution < -0.4 is 9.47 Å². The van der Waals surface area contributed by atoms with Gasteiger partial charge in [-0.2, -0.15) is 0 Å². The van der Waals surface area contributed by atoms with Crippen molar-refractivity contribution in [3.05, 3.63) is 86.9 Å². The van der Waals surface area contributed by atoms with E-state index in [1.165, 1.54) is 0 Å². The zero-order chi connectivity index (χ0) is 19.2. The Kier molecular flexibility index (Phi) is 6.62. The molecule has 3 aromatic rings. The van der Waals surface area contributed by atoms with Gasteiger partial charge in [-0.3, -0.25) is 4.99 Å². The van der Waals surface area contributed by atoms with Crippen molar-refractivity contribution in [2.24, 2.45) is 4.99 Å². The van der Waals surface area contributed by atoms with Crippen molar-refractivity contribution in [3.8, 4) is 11.5 Å². The van der Waals surface area contributed by atoms with Crippen LogP contribution in [0.5, 0.6) is 11.5 Å². The molecule has 0 aromatic heterocycles. The Morgan fingerprint density at radius 2 is 1.59 bits per heavy atom. The van der Waals surface area contributed by atoms with Crippen molar-refractivity contribution in [3.63, 3.8) is 0 Å². The van der Waals surface area contributed by atoms with E-state index in [1.807, 2.05) is 36.4 Å². The van der Waals surface area contributed by atoms with Crippen LogP contribution in [0.15, 0.2) is 65.7 Å². The molecule has 0 fully saturated rings. The Labute approximate surface area is 173 Å². The van der Waals surface area contributed by atoms with Gasteiger partial charge in [0.05, 0.1) is 12.8 Å². The molecule has 0 unspecified atom stereocenters. The number of rotatable bonds is 6. The van der Waals surface area contributed by atoms with Crippen LogP contribution >= 0.6 is 34.8 Å². The minimum absolute atomic E-state index is 0.307. The van der Waals surface area contributed by atoms with Crippen molar-refractivity contribution in [1.82, 2.24) is 0 Å². The average Bonchev–Trinajstić information content (AvgIpc) is 2.67. The number of methoxy groups -OCH3 is 1. The zero-order valence-corrected chi connectivity index (χ0v) is 16.7. The van der Waals surface area contributed by atoms with E-state index in [0.717, 1.165) is 22.6 Å². The largest absolute Gasteiger partial charge is 0.497 e. The standard InChI is InChI=1S/C21H16Cl3NO2/c1-26-19-7-5-18(6-8-19)25-12-15-10-16(22)4-9-21(15)27-13-14-2-3-17(23)11-20(14)24/h2-12H,13H2,1H3. The summed E-state index contributed by atoms with van der Waals surface area (Å²) in [4.78, 5) is 4.48. The van der Waals surface area contributed by atoms with E-state index in [4.69, 9.17) is 44.3 Å². The fourth-order valence-corrected chi connectivity index (χ4v) is 3.00. The number of benzene rings is 3. The maximum Gasteiger partial charge on any atom is 0.128 e. The van der Waals surface area contributed by atoms with Gasteiger partial charge in [-0.05, 0) is 54.6 Å². The third-order valence-electron chi connectivity index (χ3n) is 3.80. The van der Waals surface area contributed by atoms with Crippen LogP contribution in [0.3, 0.4) is 0 Å². The summed E-state index contributed by atoms with van der Waals surface area (Å²) in [6.07, 6.45) is 1.71. The molecular weight excluding hydrogens is 405 g/mol. The smallest absolute Gasteiger partial charge is 0.128 e. The molecule has 3 rings (SSSR count). The Morgan fingerprint density at radius 1 is 0.889 bits per heavy atom.